The second kappa shape index (κ2) is 7.42. The number of primary amides is 1. The number of aromatic nitrogens is 1. The molecule has 1 aliphatic rings. The number of H-pyrrole nitrogens is 1. The van der Waals surface area contributed by atoms with Gasteiger partial charge in [-0.05, 0) is 90.4 Å². The van der Waals surface area contributed by atoms with Crippen molar-refractivity contribution in [3.05, 3.63) is 71.2 Å². The Kier molecular flexibility index (Phi) is 4.96. The molecule has 2 aromatic carbocycles. The first-order valence-electron chi connectivity index (χ1n) is 10.1. The van der Waals surface area contributed by atoms with Gasteiger partial charge < -0.3 is 10.7 Å². The van der Waals surface area contributed by atoms with Crippen molar-refractivity contribution in [3.8, 4) is 0 Å². The Morgan fingerprint density at radius 3 is 2.54 bits per heavy atom. The Balaban J connectivity index is 1.61. The van der Waals surface area contributed by atoms with Gasteiger partial charge in [0, 0.05) is 11.7 Å². The average molecular weight is 378 g/mol. The van der Waals surface area contributed by atoms with Gasteiger partial charge in [0.05, 0.1) is 5.41 Å². The second-order valence-corrected chi connectivity index (χ2v) is 8.19. The summed E-state index contributed by atoms with van der Waals surface area (Å²) in [5.74, 6) is -0.216. The van der Waals surface area contributed by atoms with Crippen molar-refractivity contribution in [3.63, 3.8) is 0 Å². The Morgan fingerprint density at radius 2 is 1.86 bits per heavy atom. The molecule has 0 aliphatic heterocycles. The smallest absolute Gasteiger partial charge is 0.223 e. The maximum Gasteiger partial charge on any atom is 0.223 e. The number of carbonyl (C=O) groups is 1. The molecule has 3 aromatic rings. The van der Waals surface area contributed by atoms with E-state index in [1.54, 1.807) is 12.1 Å². The molecule has 0 radical (unpaired) electrons. The summed E-state index contributed by atoms with van der Waals surface area (Å²) in [5, 5.41) is 1.21. The number of hydrogen-bond donors (Lipinski definition) is 2. The highest BCUT2D eigenvalue weighted by atomic mass is 19.1. The number of hydrogen-bond acceptors (Lipinski definition) is 1. The lowest BCUT2D eigenvalue weighted by Crippen LogP contribution is -2.44. The van der Waals surface area contributed by atoms with E-state index in [2.05, 4.69) is 30.1 Å². The molecule has 1 amide bonds. The molecule has 28 heavy (non-hydrogen) atoms. The highest BCUT2D eigenvalue weighted by molar-refractivity contribution is 5.83. The maximum atomic E-state index is 13.2. The average Bonchev–Trinajstić information content (AvgIpc) is 3.30. The van der Waals surface area contributed by atoms with Crippen LogP contribution in [-0.4, -0.2) is 10.9 Å². The zero-order valence-electron chi connectivity index (χ0n) is 16.3. The fraction of sp³-hybridized carbons (Fsp3) is 0.375. The second-order valence-electron chi connectivity index (χ2n) is 8.19. The lowest BCUT2D eigenvalue weighted by Gasteiger charge is -2.36. The minimum atomic E-state index is -0.532. The number of aromatic amines is 1. The zero-order valence-corrected chi connectivity index (χ0v) is 16.3. The van der Waals surface area contributed by atoms with Crippen molar-refractivity contribution in [1.82, 2.24) is 4.98 Å². The summed E-state index contributed by atoms with van der Waals surface area (Å²) in [6.45, 7) is 2.11. The van der Waals surface area contributed by atoms with Gasteiger partial charge in [0.25, 0.3) is 0 Å². The van der Waals surface area contributed by atoms with Crippen molar-refractivity contribution in [1.29, 1.82) is 0 Å². The van der Waals surface area contributed by atoms with E-state index < -0.39 is 5.41 Å². The highest BCUT2D eigenvalue weighted by Crippen LogP contribution is 2.46. The van der Waals surface area contributed by atoms with Gasteiger partial charge in [-0.2, -0.15) is 0 Å². The van der Waals surface area contributed by atoms with E-state index in [1.807, 2.05) is 6.20 Å². The predicted octanol–water partition coefficient (Wildman–Crippen LogP) is 4.93. The highest BCUT2D eigenvalue weighted by Gasteiger charge is 2.45. The third kappa shape index (κ3) is 3.32. The minimum Gasteiger partial charge on any atom is -0.369 e. The molecule has 4 heteroatoms. The largest absolute Gasteiger partial charge is 0.369 e. The topological polar surface area (TPSA) is 58.9 Å². The van der Waals surface area contributed by atoms with Gasteiger partial charge in [-0.25, -0.2) is 4.39 Å². The SMILES string of the molecule is CCCC(CCc1ccc(F)cc1)(C(N)=O)C1Cc2cc3cc[nH]c3cc2C1. The molecule has 3 nitrogen and oxygen atoms in total. The zero-order chi connectivity index (χ0) is 19.7. The molecule has 0 saturated heterocycles. The molecular formula is C24H27FN2O. The summed E-state index contributed by atoms with van der Waals surface area (Å²) in [7, 11) is 0. The number of rotatable bonds is 7. The molecule has 1 aliphatic carbocycles. The van der Waals surface area contributed by atoms with Gasteiger partial charge >= 0.3 is 0 Å². The van der Waals surface area contributed by atoms with Crippen LogP contribution in [0.3, 0.4) is 0 Å². The fourth-order valence-corrected chi connectivity index (χ4v) is 5.01. The monoisotopic (exact) mass is 378 g/mol. The van der Waals surface area contributed by atoms with E-state index in [-0.39, 0.29) is 17.6 Å². The number of nitrogens with two attached hydrogens (primary N) is 1. The molecule has 4 rings (SSSR count). The summed E-state index contributed by atoms with van der Waals surface area (Å²) in [6, 6.07) is 13.1. The van der Waals surface area contributed by atoms with Crippen molar-refractivity contribution in [2.75, 3.05) is 0 Å². The molecule has 0 fully saturated rings. The van der Waals surface area contributed by atoms with Gasteiger partial charge in [0.15, 0.2) is 0 Å². The number of amides is 1. The number of nitrogens with one attached hydrogen (secondary N) is 1. The Hall–Kier alpha value is -2.62. The number of halogens is 1. The van der Waals surface area contributed by atoms with Crippen LogP contribution in [0.2, 0.25) is 0 Å². The molecule has 3 N–H and O–H groups in total. The summed E-state index contributed by atoms with van der Waals surface area (Å²) in [4.78, 5) is 16.0. The van der Waals surface area contributed by atoms with E-state index in [4.69, 9.17) is 5.73 Å². The van der Waals surface area contributed by atoms with Crippen LogP contribution in [-0.2, 0) is 24.1 Å². The first-order valence-corrected chi connectivity index (χ1v) is 10.1. The van der Waals surface area contributed by atoms with E-state index in [9.17, 15) is 9.18 Å². The van der Waals surface area contributed by atoms with Gasteiger partial charge in [0.1, 0.15) is 5.82 Å². The Morgan fingerprint density at radius 1 is 1.14 bits per heavy atom. The molecule has 2 unspecified atom stereocenters. The molecule has 1 heterocycles. The number of aryl methyl sites for hydroxylation is 1. The molecule has 146 valence electrons. The summed E-state index contributed by atoms with van der Waals surface area (Å²) >= 11 is 0. The number of fused-ring (bicyclic) bond motifs is 2. The van der Waals surface area contributed by atoms with Crippen LogP contribution in [0.15, 0.2) is 48.7 Å². The molecular weight excluding hydrogens is 351 g/mol. The van der Waals surface area contributed by atoms with E-state index in [0.717, 1.165) is 43.2 Å². The predicted molar refractivity (Wildman–Crippen MR) is 110 cm³/mol. The van der Waals surface area contributed by atoms with Crippen LogP contribution in [0, 0.1) is 17.2 Å². The van der Waals surface area contributed by atoms with Gasteiger partial charge in [0.2, 0.25) is 5.91 Å². The van der Waals surface area contributed by atoms with E-state index in [0.29, 0.717) is 6.42 Å². The molecule has 0 bridgehead atoms. The maximum absolute atomic E-state index is 13.2. The third-order valence-electron chi connectivity index (χ3n) is 6.55. The van der Waals surface area contributed by atoms with Crippen molar-refractivity contribution in [2.45, 2.75) is 45.4 Å². The van der Waals surface area contributed by atoms with Crippen molar-refractivity contribution in [2.24, 2.45) is 17.1 Å². The standard InChI is InChI=1S/C24H27FN2O/c1-2-9-24(23(26)28,10-7-16-3-5-21(25)6-4-16)20-13-18-12-17-8-11-27-22(17)15-19(18)14-20/h3-6,8,11-12,15,20,27H,2,7,9-10,13-14H2,1H3,(H2,26,28). The summed E-state index contributed by atoms with van der Waals surface area (Å²) in [5.41, 5.74) is 10.4. The summed E-state index contributed by atoms with van der Waals surface area (Å²) in [6.07, 6.45) is 6.89. The lowest BCUT2D eigenvalue weighted by atomic mass is 9.67. The molecule has 0 saturated carbocycles. The quantitative estimate of drug-likeness (QED) is 0.602. The van der Waals surface area contributed by atoms with Crippen molar-refractivity contribution >= 4 is 16.8 Å². The van der Waals surface area contributed by atoms with Crippen LogP contribution < -0.4 is 5.73 Å². The molecule has 0 spiro atoms. The lowest BCUT2D eigenvalue weighted by molar-refractivity contribution is -0.132. The normalized spacial score (nSPS) is 18.1. The Bertz CT molecular complexity index is 952. The van der Waals surface area contributed by atoms with Gasteiger partial charge in [-0.15, -0.1) is 0 Å². The first kappa shape index (κ1) is 18.7. The van der Waals surface area contributed by atoms with E-state index >= 15 is 0 Å². The molecule has 2 atom stereocenters. The van der Waals surface area contributed by atoms with E-state index in [1.165, 1.54) is 28.6 Å². The Labute approximate surface area is 165 Å². The summed E-state index contributed by atoms with van der Waals surface area (Å²) < 4.78 is 13.2. The molecule has 1 aromatic heterocycles. The van der Waals surface area contributed by atoms with Crippen LogP contribution >= 0.6 is 0 Å². The van der Waals surface area contributed by atoms with Gasteiger partial charge in [-0.3, -0.25) is 4.79 Å². The van der Waals surface area contributed by atoms with Crippen LogP contribution in [0.1, 0.15) is 42.9 Å². The number of benzene rings is 2. The van der Waals surface area contributed by atoms with Crippen LogP contribution in [0.5, 0.6) is 0 Å². The first-order chi connectivity index (χ1) is 13.5. The van der Waals surface area contributed by atoms with Gasteiger partial charge in [-0.1, -0.05) is 25.5 Å². The fourth-order valence-electron chi connectivity index (χ4n) is 5.01. The third-order valence-corrected chi connectivity index (χ3v) is 6.55. The van der Waals surface area contributed by atoms with Crippen LogP contribution in [0.25, 0.3) is 10.9 Å². The van der Waals surface area contributed by atoms with Crippen LogP contribution in [0.4, 0.5) is 4.39 Å². The minimum absolute atomic E-state index is 0.195. The number of carbonyl (C=O) groups excluding carboxylic acids is 1. The van der Waals surface area contributed by atoms with Crippen molar-refractivity contribution < 1.29 is 9.18 Å².